The number of fused-ring (bicyclic) bond motifs is 1. The standard InChI is InChI=1S/C18H17N3O2/c1-11(20-13-9-7-12(19)8-10-13)16-17(22)14-5-3-4-6-15(14)21(2)18(16)23/h3-10,22H,19H2,1-2H3. The fourth-order valence-electron chi connectivity index (χ4n) is 2.60. The third kappa shape index (κ3) is 2.57. The van der Waals surface area contributed by atoms with E-state index in [-0.39, 0.29) is 16.9 Å². The monoisotopic (exact) mass is 307 g/mol. The Balaban J connectivity index is 2.23. The largest absolute Gasteiger partial charge is 0.506 e. The molecule has 3 rings (SSSR count). The molecule has 0 amide bonds. The number of aromatic hydroxyl groups is 1. The quantitative estimate of drug-likeness (QED) is 0.564. The minimum absolute atomic E-state index is 0.0413. The van der Waals surface area contributed by atoms with Gasteiger partial charge < -0.3 is 15.4 Å². The second kappa shape index (κ2) is 5.61. The van der Waals surface area contributed by atoms with Gasteiger partial charge in [-0.2, -0.15) is 0 Å². The molecule has 5 heteroatoms. The number of rotatable bonds is 2. The summed E-state index contributed by atoms with van der Waals surface area (Å²) < 4.78 is 1.52. The summed E-state index contributed by atoms with van der Waals surface area (Å²) in [6.45, 7) is 1.71. The van der Waals surface area contributed by atoms with Crippen LogP contribution in [0.4, 0.5) is 11.4 Å². The van der Waals surface area contributed by atoms with E-state index in [0.717, 1.165) is 0 Å². The van der Waals surface area contributed by atoms with Crippen molar-refractivity contribution in [1.29, 1.82) is 0 Å². The van der Waals surface area contributed by atoms with Crippen molar-refractivity contribution in [2.24, 2.45) is 12.0 Å². The number of aromatic nitrogens is 1. The highest BCUT2D eigenvalue weighted by Gasteiger charge is 2.16. The molecule has 0 bridgehead atoms. The number of para-hydroxylation sites is 1. The molecule has 0 aliphatic rings. The van der Waals surface area contributed by atoms with Crippen LogP contribution in [0.3, 0.4) is 0 Å². The van der Waals surface area contributed by atoms with Crippen LogP contribution >= 0.6 is 0 Å². The first-order valence-electron chi connectivity index (χ1n) is 7.21. The van der Waals surface area contributed by atoms with Crippen molar-refractivity contribution in [2.75, 3.05) is 5.73 Å². The van der Waals surface area contributed by atoms with E-state index >= 15 is 0 Å². The Morgan fingerprint density at radius 1 is 1.13 bits per heavy atom. The van der Waals surface area contributed by atoms with Crippen LogP contribution in [0.1, 0.15) is 12.5 Å². The van der Waals surface area contributed by atoms with Gasteiger partial charge in [0.1, 0.15) is 11.3 Å². The van der Waals surface area contributed by atoms with Crippen LogP contribution in [0.5, 0.6) is 5.75 Å². The fourth-order valence-corrected chi connectivity index (χ4v) is 2.60. The Hall–Kier alpha value is -3.08. The lowest BCUT2D eigenvalue weighted by Crippen LogP contribution is -2.24. The number of aryl methyl sites for hydroxylation is 1. The molecule has 0 fully saturated rings. The Morgan fingerprint density at radius 2 is 1.78 bits per heavy atom. The van der Waals surface area contributed by atoms with E-state index in [2.05, 4.69) is 4.99 Å². The highest BCUT2D eigenvalue weighted by molar-refractivity contribution is 6.06. The molecule has 2 aromatic carbocycles. The zero-order valence-corrected chi connectivity index (χ0v) is 12.9. The molecule has 0 atom stereocenters. The Kier molecular flexibility index (Phi) is 3.62. The summed E-state index contributed by atoms with van der Waals surface area (Å²) in [6, 6.07) is 14.2. The Labute approximate surface area is 133 Å². The molecule has 0 saturated carbocycles. The second-order valence-electron chi connectivity index (χ2n) is 5.39. The zero-order valence-electron chi connectivity index (χ0n) is 12.9. The van der Waals surface area contributed by atoms with E-state index in [0.29, 0.717) is 28.0 Å². The SMILES string of the molecule is CC(=Nc1ccc(N)cc1)c1c(O)c2ccccc2n(C)c1=O. The van der Waals surface area contributed by atoms with Crippen molar-refractivity contribution < 1.29 is 5.11 Å². The average molecular weight is 307 g/mol. The smallest absolute Gasteiger partial charge is 0.263 e. The number of hydrogen-bond donors (Lipinski definition) is 2. The molecule has 3 N–H and O–H groups in total. The molecular weight excluding hydrogens is 290 g/mol. The van der Waals surface area contributed by atoms with Gasteiger partial charge in [0.05, 0.1) is 16.9 Å². The molecule has 0 aliphatic heterocycles. The average Bonchev–Trinajstić information content (AvgIpc) is 2.55. The first-order valence-corrected chi connectivity index (χ1v) is 7.21. The summed E-state index contributed by atoms with van der Waals surface area (Å²) in [6.07, 6.45) is 0. The van der Waals surface area contributed by atoms with Gasteiger partial charge in [0.25, 0.3) is 5.56 Å². The molecule has 3 aromatic rings. The van der Waals surface area contributed by atoms with Crippen LogP contribution in [-0.4, -0.2) is 15.4 Å². The molecule has 0 saturated heterocycles. The van der Waals surface area contributed by atoms with Crippen LogP contribution in [0, 0.1) is 0 Å². The molecule has 0 unspecified atom stereocenters. The maximum atomic E-state index is 12.6. The number of nitrogens with zero attached hydrogens (tertiary/aromatic N) is 2. The Morgan fingerprint density at radius 3 is 2.48 bits per heavy atom. The van der Waals surface area contributed by atoms with Crippen LogP contribution in [0.25, 0.3) is 10.9 Å². The first-order chi connectivity index (χ1) is 11.0. The van der Waals surface area contributed by atoms with Crippen molar-refractivity contribution in [3.8, 4) is 5.75 Å². The number of nitrogens with two attached hydrogens (primary N) is 1. The maximum absolute atomic E-state index is 12.6. The molecule has 5 nitrogen and oxygen atoms in total. The maximum Gasteiger partial charge on any atom is 0.263 e. The number of aliphatic imine (C=N–C) groups is 1. The summed E-state index contributed by atoms with van der Waals surface area (Å²) in [5.74, 6) is -0.0413. The van der Waals surface area contributed by atoms with Crippen LogP contribution in [-0.2, 0) is 7.05 Å². The normalized spacial score (nSPS) is 11.8. The molecule has 0 radical (unpaired) electrons. The van der Waals surface area contributed by atoms with Crippen molar-refractivity contribution >= 4 is 28.0 Å². The van der Waals surface area contributed by atoms with Crippen molar-refractivity contribution in [3.05, 3.63) is 64.4 Å². The third-order valence-electron chi connectivity index (χ3n) is 3.83. The highest BCUT2D eigenvalue weighted by Crippen LogP contribution is 2.27. The first kappa shape index (κ1) is 14.8. The van der Waals surface area contributed by atoms with Crippen LogP contribution < -0.4 is 11.3 Å². The summed E-state index contributed by atoms with van der Waals surface area (Å²) in [5, 5.41) is 11.2. The van der Waals surface area contributed by atoms with Crippen molar-refractivity contribution in [3.63, 3.8) is 0 Å². The summed E-state index contributed by atoms with van der Waals surface area (Å²) in [5.41, 5.74) is 8.04. The predicted molar refractivity (Wildman–Crippen MR) is 93.6 cm³/mol. The van der Waals surface area contributed by atoms with Gasteiger partial charge in [0.15, 0.2) is 0 Å². The van der Waals surface area contributed by atoms with Gasteiger partial charge in [-0.25, -0.2) is 0 Å². The second-order valence-corrected chi connectivity index (χ2v) is 5.39. The number of anilines is 1. The molecule has 23 heavy (non-hydrogen) atoms. The minimum atomic E-state index is -0.280. The predicted octanol–water partition coefficient (Wildman–Crippen LogP) is 2.97. The van der Waals surface area contributed by atoms with E-state index < -0.39 is 0 Å². The molecule has 0 spiro atoms. The summed E-state index contributed by atoms with van der Waals surface area (Å²) in [7, 11) is 1.68. The topological polar surface area (TPSA) is 80.6 Å². The number of nitrogen functional groups attached to an aromatic ring is 1. The Bertz CT molecular complexity index is 970. The number of benzene rings is 2. The molecule has 0 aliphatic carbocycles. The highest BCUT2D eigenvalue weighted by atomic mass is 16.3. The van der Waals surface area contributed by atoms with Crippen molar-refractivity contribution in [1.82, 2.24) is 4.57 Å². The van der Waals surface area contributed by atoms with Crippen molar-refractivity contribution in [2.45, 2.75) is 6.92 Å². The zero-order chi connectivity index (χ0) is 16.6. The van der Waals surface area contributed by atoms with Gasteiger partial charge in [-0.15, -0.1) is 0 Å². The third-order valence-corrected chi connectivity index (χ3v) is 3.83. The molecule has 1 aromatic heterocycles. The lowest BCUT2D eigenvalue weighted by Gasteiger charge is -2.11. The van der Waals surface area contributed by atoms with E-state index in [9.17, 15) is 9.90 Å². The van der Waals surface area contributed by atoms with Gasteiger partial charge in [-0.3, -0.25) is 9.79 Å². The molecular formula is C18H17N3O2. The van der Waals surface area contributed by atoms with Gasteiger partial charge in [-0.1, -0.05) is 12.1 Å². The number of pyridine rings is 1. The van der Waals surface area contributed by atoms with Crippen LogP contribution in [0.2, 0.25) is 0 Å². The molecule has 116 valence electrons. The molecule has 1 heterocycles. The lowest BCUT2D eigenvalue weighted by atomic mass is 10.1. The summed E-state index contributed by atoms with van der Waals surface area (Å²) >= 11 is 0. The minimum Gasteiger partial charge on any atom is -0.506 e. The summed E-state index contributed by atoms with van der Waals surface area (Å²) in [4.78, 5) is 17.0. The van der Waals surface area contributed by atoms with Gasteiger partial charge in [-0.05, 0) is 43.3 Å². The van der Waals surface area contributed by atoms with E-state index in [1.54, 1.807) is 50.4 Å². The van der Waals surface area contributed by atoms with Crippen LogP contribution in [0.15, 0.2) is 58.3 Å². The lowest BCUT2D eigenvalue weighted by molar-refractivity contribution is 0.478. The van der Waals surface area contributed by atoms with E-state index in [1.165, 1.54) is 4.57 Å². The van der Waals surface area contributed by atoms with E-state index in [4.69, 9.17) is 5.73 Å². The van der Waals surface area contributed by atoms with Gasteiger partial charge in [0.2, 0.25) is 0 Å². The van der Waals surface area contributed by atoms with E-state index in [1.807, 2.05) is 12.1 Å². The van der Waals surface area contributed by atoms with Gasteiger partial charge >= 0.3 is 0 Å². The fraction of sp³-hybridized carbons (Fsp3) is 0.111. The van der Waals surface area contributed by atoms with Gasteiger partial charge in [0, 0.05) is 18.1 Å². The number of hydrogen-bond acceptors (Lipinski definition) is 4.